The van der Waals surface area contributed by atoms with Gasteiger partial charge in [-0.2, -0.15) is 0 Å². The molecular weight excluding hydrogens is 751 g/mol. The number of aryl methyl sites for hydroxylation is 2. The Labute approximate surface area is 323 Å². The number of hydrogen-bond donors (Lipinski definition) is 0. The molecule has 0 aliphatic heterocycles. The first-order chi connectivity index (χ1) is 23.3. The molecule has 4 aromatic rings. The Kier molecular flexibility index (Phi) is 13.7. The van der Waals surface area contributed by atoms with Gasteiger partial charge in [-0.3, -0.25) is 0 Å². The van der Waals surface area contributed by atoms with E-state index in [-0.39, 0.29) is 14.9 Å². The Bertz CT molecular complexity index is 1500. The Morgan fingerprint density at radius 3 is 1.26 bits per heavy atom. The second-order valence-electron chi connectivity index (χ2n) is 16.1. The summed E-state index contributed by atoms with van der Waals surface area (Å²) in [6.45, 7) is 9.94. The summed E-state index contributed by atoms with van der Waals surface area (Å²) in [4.78, 5) is 0. The van der Waals surface area contributed by atoms with E-state index < -0.39 is 28.9 Å². The van der Waals surface area contributed by atoms with E-state index in [4.69, 9.17) is 25.9 Å². The van der Waals surface area contributed by atoms with E-state index in [1.54, 1.807) is 11.1 Å². The summed E-state index contributed by atoms with van der Waals surface area (Å²) in [6, 6.07) is 32.2. The summed E-state index contributed by atoms with van der Waals surface area (Å²) in [5.74, 6) is 10.2. The zero-order chi connectivity index (χ0) is 33.4. The zero-order valence-corrected chi connectivity index (χ0v) is 36.1. The fraction of sp³-hybridized carbons (Fsp3) is 0.500. The predicted octanol–water partition coefficient (Wildman–Crippen LogP) is 14.3. The van der Waals surface area contributed by atoms with Gasteiger partial charge in [0, 0.05) is 11.8 Å². The SMILES string of the molecule is Cc1ccc(C2CC3C(c4ccccc4)CCCC3C2[Si](C)(C)C2C(c3ccc(C)o3)CC3C(c4ccccc4)CCCC32)o1.[CH3-].[CH3-].[Cl][Zr+2][Cl]. The molecule has 268 valence electrons. The third kappa shape index (κ3) is 7.67. The number of hydrogen-bond acceptors (Lipinski definition) is 2. The van der Waals surface area contributed by atoms with Crippen molar-refractivity contribution < 1.29 is 29.7 Å². The average Bonchev–Trinajstić information content (AvgIpc) is 3.90. The van der Waals surface area contributed by atoms with E-state index in [0.717, 1.165) is 46.3 Å². The van der Waals surface area contributed by atoms with Crippen molar-refractivity contribution in [3.63, 3.8) is 0 Å². The fourth-order valence-corrected chi connectivity index (χ4v) is 18.3. The van der Waals surface area contributed by atoms with Crippen LogP contribution in [0, 0.1) is 52.4 Å². The van der Waals surface area contributed by atoms with Gasteiger partial charge in [-0.15, -0.1) is 0 Å². The van der Waals surface area contributed by atoms with Crippen molar-refractivity contribution in [1.29, 1.82) is 0 Å². The molecule has 0 spiro atoms. The molecule has 2 aromatic heterocycles. The molecule has 2 nitrogen and oxygen atoms in total. The second kappa shape index (κ2) is 17.2. The third-order valence-electron chi connectivity index (χ3n) is 13.5. The van der Waals surface area contributed by atoms with E-state index in [9.17, 15) is 0 Å². The molecule has 10 atom stereocenters. The van der Waals surface area contributed by atoms with Crippen LogP contribution in [-0.2, 0) is 20.8 Å². The summed E-state index contributed by atoms with van der Waals surface area (Å²) >= 11 is -0.826. The van der Waals surface area contributed by atoms with Gasteiger partial charge in [-0.25, -0.2) is 0 Å². The summed E-state index contributed by atoms with van der Waals surface area (Å²) < 4.78 is 13.2. The van der Waals surface area contributed by atoms with Crippen LogP contribution in [-0.4, -0.2) is 8.07 Å². The Balaban J connectivity index is 0.000000940. The van der Waals surface area contributed by atoms with Crippen molar-refractivity contribution in [2.45, 2.75) is 113 Å². The fourth-order valence-electron chi connectivity index (χ4n) is 12.1. The van der Waals surface area contributed by atoms with Crippen LogP contribution in [0.3, 0.4) is 0 Å². The first kappa shape index (κ1) is 39.9. The Morgan fingerprint density at radius 2 is 0.920 bits per heavy atom. The van der Waals surface area contributed by atoms with E-state index >= 15 is 0 Å². The Morgan fingerprint density at radius 1 is 0.540 bits per heavy atom. The van der Waals surface area contributed by atoms with Crippen LogP contribution in [0.4, 0.5) is 0 Å². The molecule has 4 fully saturated rings. The number of fused-ring (bicyclic) bond motifs is 2. The van der Waals surface area contributed by atoms with Gasteiger partial charge in [0.2, 0.25) is 0 Å². The van der Waals surface area contributed by atoms with Crippen LogP contribution in [0.5, 0.6) is 0 Å². The minimum absolute atomic E-state index is 0. The number of benzene rings is 2. The topological polar surface area (TPSA) is 26.3 Å². The van der Waals surface area contributed by atoms with Crippen LogP contribution in [0.1, 0.15) is 109 Å². The van der Waals surface area contributed by atoms with E-state index in [0.29, 0.717) is 23.7 Å². The van der Waals surface area contributed by atoms with Crippen molar-refractivity contribution in [3.8, 4) is 0 Å². The standard InChI is InChI=1S/C42H52O2Si.2CH3.2ClH.Zr/c1-27-21-23-39(43-27)37-25-35-31(29-13-7-5-8-14-29)17-11-19-33(35)41(37)45(3,4)42-34-20-12-18-32(30-15-9-6-10-16-30)36(34)26-38(42)40-24-22-28(2)44-40;;;;;/h5-10,13-16,21-24,31-38,41-42H,11-12,17-20,25-26H2,1-4H3;2*1H3;2*1H;/q;2*-1;;;+4/p-2. The predicted molar refractivity (Wildman–Crippen MR) is 211 cm³/mol. The molecular formula is C44H58Cl2O2SiZr. The minimum atomic E-state index is -1.91. The van der Waals surface area contributed by atoms with E-state index in [1.807, 2.05) is 0 Å². The molecule has 2 aromatic carbocycles. The normalized spacial score (nSPS) is 31.6. The van der Waals surface area contributed by atoms with Crippen LogP contribution in [0.25, 0.3) is 0 Å². The summed E-state index contributed by atoms with van der Waals surface area (Å²) in [5, 5.41) is 0. The van der Waals surface area contributed by atoms with Crippen LogP contribution >= 0.6 is 17.0 Å². The van der Waals surface area contributed by atoms with Gasteiger partial charge in [0.15, 0.2) is 0 Å². The van der Waals surface area contributed by atoms with Crippen molar-refractivity contribution in [2.24, 2.45) is 23.7 Å². The molecule has 0 amide bonds. The van der Waals surface area contributed by atoms with Crippen LogP contribution in [0.2, 0.25) is 24.2 Å². The molecule has 2 heterocycles. The van der Waals surface area contributed by atoms with Gasteiger partial charge in [0.05, 0.1) is 8.07 Å². The number of rotatable bonds is 6. The van der Waals surface area contributed by atoms with Gasteiger partial charge in [-0.1, -0.05) is 99.4 Å². The first-order valence-corrected chi connectivity index (χ1v) is 28.0. The van der Waals surface area contributed by atoms with E-state index in [2.05, 4.69) is 112 Å². The van der Waals surface area contributed by atoms with Gasteiger partial charge in [0.1, 0.15) is 23.0 Å². The van der Waals surface area contributed by atoms with Gasteiger partial charge < -0.3 is 23.7 Å². The van der Waals surface area contributed by atoms with Crippen LogP contribution in [0.15, 0.2) is 93.8 Å². The molecule has 4 aliphatic carbocycles. The molecule has 50 heavy (non-hydrogen) atoms. The van der Waals surface area contributed by atoms with Gasteiger partial charge in [0.25, 0.3) is 0 Å². The first-order valence-electron chi connectivity index (χ1n) is 18.5. The Hall–Kier alpha value is -1.32. The molecule has 8 rings (SSSR count). The van der Waals surface area contributed by atoms with Crippen molar-refractivity contribution in [2.75, 3.05) is 0 Å². The summed E-state index contributed by atoms with van der Waals surface area (Å²) in [6.07, 6.45) is 10.8. The number of halogens is 2. The van der Waals surface area contributed by atoms with Crippen LogP contribution < -0.4 is 0 Å². The van der Waals surface area contributed by atoms with E-state index in [1.165, 1.54) is 62.9 Å². The van der Waals surface area contributed by atoms with Crippen molar-refractivity contribution >= 4 is 25.1 Å². The molecule has 0 radical (unpaired) electrons. The molecule has 0 bridgehead atoms. The molecule has 0 N–H and O–H groups in total. The maximum absolute atomic E-state index is 6.60. The quantitative estimate of drug-likeness (QED) is 0.143. The molecule has 4 saturated carbocycles. The van der Waals surface area contributed by atoms with Crippen molar-refractivity contribution in [3.05, 3.63) is 134 Å². The molecule has 10 unspecified atom stereocenters. The monoisotopic (exact) mass is 806 g/mol. The maximum atomic E-state index is 6.60. The zero-order valence-electron chi connectivity index (χ0n) is 31.1. The third-order valence-corrected chi connectivity index (χ3v) is 18.6. The number of furan rings is 2. The van der Waals surface area contributed by atoms with Gasteiger partial charge in [-0.05, 0) is 122 Å². The molecule has 6 heteroatoms. The average molecular weight is 809 g/mol. The second-order valence-corrected chi connectivity index (χ2v) is 24.8. The molecule has 4 aliphatic rings. The summed E-state index contributed by atoms with van der Waals surface area (Å²) in [5.41, 5.74) is 4.62. The summed E-state index contributed by atoms with van der Waals surface area (Å²) in [7, 11) is 7.96. The van der Waals surface area contributed by atoms with Crippen molar-refractivity contribution in [1.82, 2.24) is 0 Å². The van der Waals surface area contributed by atoms with Gasteiger partial charge >= 0.3 is 37.9 Å². The molecule has 0 saturated heterocycles.